The SMILES string of the molecule is CC1(C(=O)CC2CCOc3ccccc32)CCCCC1. The molecular weight excluding hydrogens is 248 g/mol. The van der Waals surface area contributed by atoms with E-state index in [9.17, 15) is 4.79 Å². The third kappa shape index (κ3) is 2.61. The van der Waals surface area contributed by atoms with Gasteiger partial charge in [0.25, 0.3) is 0 Å². The van der Waals surface area contributed by atoms with E-state index in [2.05, 4.69) is 13.0 Å². The highest BCUT2D eigenvalue weighted by Crippen LogP contribution is 2.42. The Morgan fingerprint density at radius 2 is 2.00 bits per heavy atom. The number of benzene rings is 1. The third-order valence-electron chi connectivity index (χ3n) is 5.14. The highest BCUT2D eigenvalue weighted by atomic mass is 16.5. The summed E-state index contributed by atoms with van der Waals surface area (Å²) in [5, 5.41) is 0. The van der Waals surface area contributed by atoms with E-state index < -0.39 is 0 Å². The molecule has 1 heterocycles. The van der Waals surface area contributed by atoms with Crippen LogP contribution < -0.4 is 4.74 Å². The molecule has 0 bridgehead atoms. The first-order valence-corrected chi connectivity index (χ1v) is 7.94. The number of hydrogen-bond donors (Lipinski definition) is 0. The van der Waals surface area contributed by atoms with Crippen molar-refractivity contribution in [2.24, 2.45) is 5.41 Å². The summed E-state index contributed by atoms with van der Waals surface area (Å²) in [6, 6.07) is 8.20. The van der Waals surface area contributed by atoms with Gasteiger partial charge < -0.3 is 4.74 Å². The van der Waals surface area contributed by atoms with Gasteiger partial charge in [-0.2, -0.15) is 0 Å². The van der Waals surface area contributed by atoms with Crippen molar-refractivity contribution < 1.29 is 9.53 Å². The molecule has 2 nitrogen and oxygen atoms in total. The quantitative estimate of drug-likeness (QED) is 0.810. The maximum absolute atomic E-state index is 12.8. The Bertz CT molecular complexity index is 486. The summed E-state index contributed by atoms with van der Waals surface area (Å²) in [6.07, 6.45) is 7.55. The zero-order valence-corrected chi connectivity index (χ0v) is 12.4. The van der Waals surface area contributed by atoms with Crippen molar-refractivity contribution in [1.82, 2.24) is 0 Å². The summed E-state index contributed by atoms with van der Waals surface area (Å²) in [6.45, 7) is 2.92. The molecule has 0 amide bonds. The van der Waals surface area contributed by atoms with Crippen LogP contribution in [0.2, 0.25) is 0 Å². The van der Waals surface area contributed by atoms with E-state index >= 15 is 0 Å². The molecule has 0 radical (unpaired) electrons. The number of rotatable bonds is 3. The Hall–Kier alpha value is -1.31. The minimum absolute atomic E-state index is 0.0640. The second-order valence-electron chi connectivity index (χ2n) is 6.62. The van der Waals surface area contributed by atoms with Crippen molar-refractivity contribution in [3.05, 3.63) is 29.8 Å². The molecule has 0 N–H and O–H groups in total. The normalized spacial score (nSPS) is 24.6. The Kier molecular flexibility index (Phi) is 3.82. The molecule has 0 spiro atoms. The molecule has 1 aliphatic carbocycles. The molecule has 1 saturated carbocycles. The van der Waals surface area contributed by atoms with Gasteiger partial charge >= 0.3 is 0 Å². The number of carbonyl (C=O) groups is 1. The van der Waals surface area contributed by atoms with Crippen LogP contribution in [0, 0.1) is 5.41 Å². The number of carbonyl (C=O) groups excluding carboxylic acids is 1. The molecule has 1 aromatic rings. The largest absolute Gasteiger partial charge is 0.493 e. The van der Waals surface area contributed by atoms with Crippen LogP contribution in [-0.4, -0.2) is 12.4 Å². The summed E-state index contributed by atoms with van der Waals surface area (Å²) in [4.78, 5) is 12.8. The van der Waals surface area contributed by atoms with E-state index in [0.717, 1.165) is 31.6 Å². The van der Waals surface area contributed by atoms with E-state index in [1.165, 1.54) is 24.8 Å². The number of hydrogen-bond acceptors (Lipinski definition) is 2. The van der Waals surface area contributed by atoms with Gasteiger partial charge in [-0.25, -0.2) is 0 Å². The Labute approximate surface area is 121 Å². The Morgan fingerprint density at radius 3 is 2.80 bits per heavy atom. The number of fused-ring (bicyclic) bond motifs is 1. The highest BCUT2D eigenvalue weighted by molar-refractivity contribution is 5.85. The molecule has 3 rings (SSSR count). The van der Waals surface area contributed by atoms with Crippen LogP contribution in [0.5, 0.6) is 5.75 Å². The maximum atomic E-state index is 12.8. The lowest BCUT2D eigenvalue weighted by Crippen LogP contribution is -2.32. The lowest BCUT2D eigenvalue weighted by Gasteiger charge is -2.34. The fraction of sp³-hybridized carbons (Fsp3) is 0.611. The van der Waals surface area contributed by atoms with Crippen LogP contribution in [0.3, 0.4) is 0 Å². The average molecular weight is 272 g/mol. The second kappa shape index (κ2) is 5.59. The summed E-state index contributed by atoms with van der Waals surface area (Å²) in [5.74, 6) is 1.80. The number of Topliss-reactive ketones (excluding diaryl/α,β-unsaturated/α-hetero) is 1. The minimum Gasteiger partial charge on any atom is -0.493 e. The van der Waals surface area contributed by atoms with Crippen LogP contribution >= 0.6 is 0 Å². The van der Waals surface area contributed by atoms with Gasteiger partial charge in [0.2, 0.25) is 0 Å². The summed E-state index contributed by atoms with van der Waals surface area (Å²) >= 11 is 0. The van der Waals surface area contributed by atoms with Gasteiger partial charge in [-0.05, 0) is 36.8 Å². The summed E-state index contributed by atoms with van der Waals surface area (Å²) < 4.78 is 5.69. The molecular formula is C18H24O2. The molecule has 1 fully saturated rings. The topological polar surface area (TPSA) is 26.3 Å². The first-order chi connectivity index (χ1) is 9.69. The molecule has 2 aliphatic rings. The van der Waals surface area contributed by atoms with Gasteiger partial charge in [0, 0.05) is 11.8 Å². The fourth-order valence-corrected chi connectivity index (χ4v) is 3.71. The fourth-order valence-electron chi connectivity index (χ4n) is 3.71. The number of ether oxygens (including phenoxy) is 1. The molecule has 20 heavy (non-hydrogen) atoms. The van der Waals surface area contributed by atoms with Crippen molar-refractivity contribution in [2.45, 2.75) is 57.8 Å². The lowest BCUT2D eigenvalue weighted by molar-refractivity contribution is -0.130. The van der Waals surface area contributed by atoms with E-state index in [0.29, 0.717) is 18.1 Å². The Morgan fingerprint density at radius 1 is 1.25 bits per heavy atom. The van der Waals surface area contributed by atoms with Gasteiger partial charge in [0.15, 0.2) is 0 Å². The van der Waals surface area contributed by atoms with E-state index in [-0.39, 0.29) is 5.41 Å². The molecule has 1 aromatic carbocycles. The van der Waals surface area contributed by atoms with E-state index in [1.54, 1.807) is 0 Å². The van der Waals surface area contributed by atoms with Gasteiger partial charge in [-0.1, -0.05) is 44.4 Å². The molecule has 108 valence electrons. The molecule has 0 aromatic heterocycles. The van der Waals surface area contributed by atoms with Crippen LogP contribution in [0.25, 0.3) is 0 Å². The van der Waals surface area contributed by atoms with Crippen molar-refractivity contribution >= 4 is 5.78 Å². The smallest absolute Gasteiger partial charge is 0.139 e. The van der Waals surface area contributed by atoms with Gasteiger partial charge in [0.05, 0.1) is 6.61 Å². The molecule has 1 atom stereocenters. The monoisotopic (exact) mass is 272 g/mol. The van der Waals surface area contributed by atoms with Crippen LogP contribution in [0.4, 0.5) is 0 Å². The lowest BCUT2D eigenvalue weighted by atomic mass is 9.70. The first kappa shape index (κ1) is 13.7. The summed E-state index contributed by atoms with van der Waals surface area (Å²) in [5.41, 5.74) is 1.16. The first-order valence-electron chi connectivity index (χ1n) is 7.94. The highest BCUT2D eigenvalue weighted by Gasteiger charge is 2.36. The third-order valence-corrected chi connectivity index (χ3v) is 5.14. The van der Waals surface area contributed by atoms with Crippen molar-refractivity contribution in [1.29, 1.82) is 0 Å². The van der Waals surface area contributed by atoms with Gasteiger partial charge in [-0.15, -0.1) is 0 Å². The molecule has 1 unspecified atom stereocenters. The number of para-hydroxylation sites is 1. The maximum Gasteiger partial charge on any atom is 0.139 e. The predicted octanol–water partition coefficient (Wildman–Crippen LogP) is 4.48. The molecule has 0 saturated heterocycles. The van der Waals surface area contributed by atoms with Crippen molar-refractivity contribution in [3.63, 3.8) is 0 Å². The van der Waals surface area contributed by atoms with Crippen LogP contribution in [0.15, 0.2) is 24.3 Å². The average Bonchev–Trinajstić information content (AvgIpc) is 2.48. The van der Waals surface area contributed by atoms with Crippen LogP contribution in [0.1, 0.15) is 63.4 Å². The number of ketones is 1. The zero-order valence-electron chi connectivity index (χ0n) is 12.4. The zero-order chi connectivity index (χ0) is 14.0. The van der Waals surface area contributed by atoms with Crippen molar-refractivity contribution in [3.8, 4) is 5.75 Å². The standard InChI is InChI=1S/C18H24O2/c1-18(10-5-2-6-11-18)17(19)13-14-9-12-20-16-8-4-3-7-15(14)16/h3-4,7-8,14H,2,5-6,9-13H2,1H3. The second-order valence-corrected chi connectivity index (χ2v) is 6.62. The van der Waals surface area contributed by atoms with Gasteiger partial charge in [0.1, 0.15) is 11.5 Å². The molecule has 1 aliphatic heterocycles. The predicted molar refractivity (Wildman–Crippen MR) is 80.1 cm³/mol. The van der Waals surface area contributed by atoms with Crippen LogP contribution in [-0.2, 0) is 4.79 Å². The van der Waals surface area contributed by atoms with E-state index in [1.807, 2.05) is 18.2 Å². The summed E-state index contributed by atoms with van der Waals surface area (Å²) in [7, 11) is 0. The Balaban J connectivity index is 1.74. The molecule has 2 heteroatoms. The minimum atomic E-state index is -0.0640. The van der Waals surface area contributed by atoms with E-state index in [4.69, 9.17) is 4.74 Å². The van der Waals surface area contributed by atoms with Gasteiger partial charge in [-0.3, -0.25) is 4.79 Å². The van der Waals surface area contributed by atoms with Crippen molar-refractivity contribution in [2.75, 3.05) is 6.61 Å².